The van der Waals surface area contributed by atoms with Crippen LogP contribution >= 0.6 is 0 Å². The predicted molar refractivity (Wildman–Crippen MR) is 54.9 cm³/mol. The van der Waals surface area contributed by atoms with Crippen LogP contribution in [0.5, 0.6) is 0 Å². The third kappa shape index (κ3) is 3.74. The number of hydrogen-bond acceptors (Lipinski definition) is 3. The zero-order valence-electron chi connectivity index (χ0n) is 8.63. The second-order valence-electron chi connectivity index (χ2n) is 2.91. The Morgan fingerprint density at radius 2 is 2.00 bits per heavy atom. The van der Waals surface area contributed by atoms with Crippen LogP contribution in [0.4, 0.5) is 0 Å². The van der Waals surface area contributed by atoms with Crippen LogP contribution in [0.2, 0.25) is 12.1 Å². The average Bonchev–Trinajstić information content (AvgIpc) is 2.20. The monoisotopic (exact) mass is 202 g/mol. The van der Waals surface area contributed by atoms with E-state index in [1.165, 1.54) is 6.08 Å². The lowest BCUT2D eigenvalue weighted by Gasteiger charge is -2.25. The Hall–Kier alpha value is -0.613. The van der Waals surface area contributed by atoms with Crippen molar-refractivity contribution in [1.82, 2.24) is 0 Å². The van der Waals surface area contributed by atoms with Crippen molar-refractivity contribution in [2.24, 2.45) is 0 Å². The molecule has 76 valence electrons. The Balaban J connectivity index is 4.09. The predicted octanol–water partition coefficient (Wildman–Crippen LogP) is 1.89. The Kier molecular flexibility index (Phi) is 5.66. The maximum atomic E-state index is 10.8. The van der Waals surface area contributed by atoms with Gasteiger partial charge in [0.05, 0.1) is 0 Å². The zero-order chi connectivity index (χ0) is 10.3. The van der Waals surface area contributed by atoms with Gasteiger partial charge in [-0.15, -0.1) is 0 Å². The molecule has 0 saturated carbocycles. The molecular weight excluding hydrogens is 184 g/mol. The fourth-order valence-corrected chi connectivity index (χ4v) is 3.07. The van der Waals surface area contributed by atoms with Crippen molar-refractivity contribution < 1.29 is 14.0 Å². The maximum Gasteiger partial charge on any atom is 0.329 e. The fraction of sp³-hybridized carbons (Fsp3) is 0.667. The maximum absolute atomic E-state index is 10.8. The van der Waals surface area contributed by atoms with Crippen molar-refractivity contribution >= 4 is 14.3 Å². The Morgan fingerprint density at radius 3 is 2.31 bits per heavy atom. The summed E-state index contributed by atoms with van der Waals surface area (Å²) in [7, 11) is -0.0919. The number of ether oxygens (including phenoxy) is 1. The van der Waals surface area contributed by atoms with Gasteiger partial charge in [0, 0.05) is 13.2 Å². The van der Waals surface area contributed by atoms with Gasteiger partial charge in [0.15, 0.2) is 0 Å². The highest BCUT2D eigenvalue weighted by atomic mass is 28.4. The highest BCUT2D eigenvalue weighted by Crippen LogP contribution is 2.15. The number of rotatable bonds is 6. The van der Waals surface area contributed by atoms with Crippen molar-refractivity contribution in [3.8, 4) is 0 Å². The second kappa shape index (κ2) is 5.94. The van der Waals surface area contributed by atoms with Crippen LogP contribution in [0.1, 0.15) is 13.8 Å². The first-order valence-electron chi connectivity index (χ1n) is 4.48. The molecule has 0 heterocycles. The van der Waals surface area contributed by atoms with E-state index in [1.807, 2.05) is 0 Å². The molecule has 0 aromatic carbocycles. The number of esters is 1. The summed E-state index contributed by atoms with van der Waals surface area (Å²) in [6.07, 6.45) is 1.61. The van der Waals surface area contributed by atoms with Gasteiger partial charge in [-0.1, -0.05) is 20.4 Å². The normalized spacial score (nSPS) is 11.0. The summed E-state index contributed by atoms with van der Waals surface area (Å²) in [5, 5.41) is 0. The lowest BCUT2D eigenvalue weighted by molar-refractivity contribution is -0.136. The van der Waals surface area contributed by atoms with Gasteiger partial charge in [-0.3, -0.25) is 0 Å². The van der Waals surface area contributed by atoms with E-state index in [9.17, 15) is 4.79 Å². The zero-order valence-corrected chi connectivity index (χ0v) is 9.63. The highest BCUT2D eigenvalue weighted by Gasteiger charge is 2.31. The van der Waals surface area contributed by atoms with Crippen molar-refractivity contribution in [3.05, 3.63) is 12.7 Å². The van der Waals surface area contributed by atoms with Crippen LogP contribution in [0.3, 0.4) is 0 Å². The summed E-state index contributed by atoms with van der Waals surface area (Å²) in [4.78, 5) is 10.8. The van der Waals surface area contributed by atoms with Crippen molar-refractivity contribution in [1.29, 1.82) is 0 Å². The Bertz CT molecular complexity index is 167. The SMILES string of the molecule is C=CC(=O)OC[Si](CC)(CC)OC. The Morgan fingerprint density at radius 1 is 1.46 bits per heavy atom. The van der Waals surface area contributed by atoms with Gasteiger partial charge in [0.2, 0.25) is 8.32 Å². The lowest BCUT2D eigenvalue weighted by atomic mass is 10.7. The largest absolute Gasteiger partial charge is 0.463 e. The van der Waals surface area contributed by atoms with E-state index in [0.717, 1.165) is 12.1 Å². The minimum atomic E-state index is -1.79. The minimum Gasteiger partial charge on any atom is -0.463 e. The molecule has 0 aliphatic heterocycles. The van der Waals surface area contributed by atoms with Gasteiger partial charge >= 0.3 is 5.97 Å². The fourth-order valence-electron chi connectivity index (χ4n) is 1.06. The summed E-state index contributed by atoms with van der Waals surface area (Å²) in [6.45, 7) is 7.48. The van der Waals surface area contributed by atoms with Crippen molar-refractivity contribution in [2.75, 3.05) is 13.3 Å². The third-order valence-electron chi connectivity index (χ3n) is 2.37. The first kappa shape index (κ1) is 12.4. The van der Waals surface area contributed by atoms with Gasteiger partial charge in [-0.2, -0.15) is 0 Å². The standard InChI is InChI=1S/C9H18O3Si/c1-5-9(10)12-8-13(6-2,7-3)11-4/h5H,1,6-8H2,2-4H3. The van der Waals surface area contributed by atoms with Crippen molar-refractivity contribution in [3.63, 3.8) is 0 Å². The van der Waals surface area contributed by atoms with Gasteiger partial charge in [0.25, 0.3) is 0 Å². The molecule has 0 aromatic rings. The van der Waals surface area contributed by atoms with E-state index in [4.69, 9.17) is 9.16 Å². The summed E-state index contributed by atoms with van der Waals surface area (Å²) in [6, 6.07) is 1.93. The van der Waals surface area contributed by atoms with Crippen LogP contribution in [-0.2, 0) is 14.0 Å². The molecule has 0 bridgehead atoms. The molecule has 0 aliphatic carbocycles. The molecule has 3 nitrogen and oxygen atoms in total. The molecule has 0 N–H and O–H groups in total. The van der Waals surface area contributed by atoms with Crippen LogP contribution in [0.15, 0.2) is 12.7 Å². The minimum absolute atomic E-state index is 0.365. The quantitative estimate of drug-likeness (QED) is 0.375. The van der Waals surface area contributed by atoms with E-state index >= 15 is 0 Å². The molecule has 0 fully saturated rings. The molecule has 0 radical (unpaired) electrons. The van der Waals surface area contributed by atoms with Gasteiger partial charge in [-0.25, -0.2) is 4.79 Å². The molecule has 0 unspecified atom stereocenters. The topological polar surface area (TPSA) is 35.5 Å². The first-order valence-corrected chi connectivity index (χ1v) is 7.01. The van der Waals surface area contributed by atoms with Crippen molar-refractivity contribution in [2.45, 2.75) is 25.9 Å². The van der Waals surface area contributed by atoms with Crippen LogP contribution < -0.4 is 0 Å². The summed E-state index contributed by atoms with van der Waals surface area (Å²) < 4.78 is 10.5. The summed E-state index contributed by atoms with van der Waals surface area (Å²) in [5.74, 6) is -0.365. The molecule has 4 heteroatoms. The van der Waals surface area contributed by atoms with E-state index < -0.39 is 8.32 Å². The average molecular weight is 202 g/mol. The Labute approximate surface area is 80.9 Å². The summed E-state index contributed by atoms with van der Waals surface area (Å²) >= 11 is 0. The van der Waals surface area contributed by atoms with E-state index in [2.05, 4.69) is 20.4 Å². The van der Waals surface area contributed by atoms with Gasteiger partial charge in [0.1, 0.15) is 6.23 Å². The van der Waals surface area contributed by atoms with Gasteiger partial charge in [-0.05, 0) is 12.1 Å². The molecule has 0 aromatic heterocycles. The number of carbonyl (C=O) groups excluding carboxylic acids is 1. The van der Waals surface area contributed by atoms with E-state index in [1.54, 1.807) is 7.11 Å². The number of hydrogen-bond donors (Lipinski definition) is 0. The van der Waals surface area contributed by atoms with Crippen LogP contribution in [0, 0.1) is 0 Å². The van der Waals surface area contributed by atoms with E-state index in [0.29, 0.717) is 6.23 Å². The molecule has 13 heavy (non-hydrogen) atoms. The van der Waals surface area contributed by atoms with E-state index in [-0.39, 0.29) is 5.97 Å². The lowest BCUT2D eigenvalue weighted by Crippen LogP contribution is -2.42. The second-order valence-corrected chi connectivity index (χ2v) is 7.38. The first-order chi connectivity index (χ1) is 6.14. The molecule has 0 saturated heterocycles. The van der Waals surface area contributed by atoms with Gasteiger partial charge < -0.3 is 9.16 Å². The summed E-state index contributed by atoms with van der Waals surface area (Å²) in [5.41, 5.74) is 0. The molecular formula is C9H18O3Si. The highest BCUT2D eigenvalue weighted by molar-refractivity contribution is 6.73. The van der Waals surface area contributed by atoms with Crippen LogP contribution in [-0.4, -0.2) is 27.6 Å². The molecule has 0 amide bonds. The molecule has 0 atom stereocenters. The molecule has 0 aliphatic rings. The molecule has 0 rings (SSSR count). The number of carbonyl (C=O) groups is 1. The third-order valence-corrected chi connectivity index (χ3v) is 6.48. The smallest absolute Gasteiger partial charge is 0.329 e. The van der Waals surface area contributed by atoms with Crippen LogP contribution in [0.25, 0.3) is 0 Å². The molecule has 0 spiro atoms.